The van der Waals surface area contributed by atoms with Crippen LogP contribution >= 0.6 is 0 Å². The molecule has 0 aromatic heterocycles. The maximum atomic E-state index is 12.3. The SMILES string of the molecule is COCC(=O)N1CCN(C(=O)C2CC=CCC2)CC1. The molecule has 5 nitrogen and oxygen atoms in total. The molecule has 0 saturated carbocycles. The highest BCUT2D eigenvalue weighted by atomic mass is 16.5. The number of carbonyl (C=O) groups is 2. The van der Waals surface area contributed by atoms with Crippen LogP contribution in [0, 0.1) is 5.92 Å². The van der Waals surface area contributed by atoms with Gasteiger partial charge >= 0.3 is 0 Å². The van der Waals surface area contributed by atoms with Gasteiger partial charge in [-0.3, -0.25) is 9.59 Å². The van der Waals surface area contributed by atoms with E-state index < -0.39 is 0 Å². The van der Waals surface area contributed by atoms with Crippen molar-refractivity contribution in [3.63, 3.8) is 0 Å². The molecule has 2 aliphatic rings. The van der Waals surface area contributed by atoms with Crippen molar-refractivity contribution in [1.29, 1.82) is 0 Å². The zero-order valence-electron chi connectivity index (χ0n) is 11.5. The number of piperazine rings is 1. The van der Waals surface area contributed by atoms with Crippen LogP contribution in [0.25, 0.3) is 0 Å². The maximum absolute atomic E-state index is 12.3. The minimum absolute atomic E-state index is 0.00944. The fourth-order valence-corrected chi connectivity index (χ4v) is 2.67. The van der Waals surface area contributed by atoms with Gasteiger partial charge in [0.25, 0.3) is 0 Å². The Kier molecular flexibility index (Phi) is 4.96. The van der Waals surface area contributed by atoms with E-state index in [9.17, 15) is 9.59 Å². The van der Waals surface area contributed by atoms with E-state index in [-0.39, 0.29) is 24.3 Å². The lowest BCUT2D eigenvalue weighted by atomic mass is 9.93. The summed E-state index contributed by atoms with van der Waals surface area (Å²) in [6, 6.07) is 0. The van der Waals surface area contributed by atoms with Gasteiger partial charge in [0, 0.05) is 39.2 Å². The standard InChI is InChI=1S/C14H22N2O3/c1-19-11-13(17)15-7-9-16(10-8-15)14(18)12-5-3-2-4-6-12/h2-3,12H,4-11H2,1H3. The predicted molar refractivity (Wildman–Crippen MR) is 71.5 cm³/mol. The Morgan fingerprint density at radius 2 is 1.84 bits per heavy atom. The van der Waals surface area contributed by atoms with Crippen molar-refractivity contribution in [3.8, 4) is 0 Å². The summed E-state index contributed by atoms with van der Waals surface area (Å²) in [7, 11) is 1.52. The van der Waals surface area contributed by atoms with Gasteiger partial charge in [0.1, 0.15) is 6.61 Å². The number of ether oxygens (including phenoxy) is 1. The highest BCUT2D eigenvalue weighted by Crippen LogP contribution is 2.21. The number of nitrogens with zero attached hydrogens (tertiary/aromatic N) is 2. The van der Waals surface area contributed by atoms with Gasteiger partial charge in [0.2, 0.25) is 11.8 Å². The summed E-state index contributed by atoms with van der Waals surface area (Å²) in [5.41, 5.74) is 0. The Morgan fingerprint density at radius 3 is 2.42 bits per heavy atom. The topological polar surface area (TPSA) is 49.9 Å². The first-order valence-electron chi connectivity index (χ1n) is 6.93. The summed E-state index contributed by atoms with van der Waals surface area (Å²) in [5, 5.41) is 0. The van der Waals surface area contributed by atoms with E-state index in [4.69, 9.17) is 4.74 Å². The van der Waals surface area contributed by atoms with Crippen LogP contribution in [0.5, 0.6) is 0 Å². The molecule has 0 aromatic carbocycles. The molecule has 19 heavy (non-hydrogen) atoms. The van der Waals surface area contributed by atoms with Gasteiger partial charge in [-0.25, -0.2) is 0 Å². The molecular weight excluding hydrogens is 244 g/mol. The van der Waals surface area contributed by atoms with Crippen molar-refractivity contribution in [2.75, 3.05) is 39.9 Å². The molecule has 2 rings (SSSR count). The van der Waals surface area contributed by atoms with Crippen LogP contribution < -0.4 is 0 Å². The van der Waals surface area contributed by atoms with Crippen LogP contribution in [0.1, 0.15) is 19.3 Å². The number of methoxy groups -OCH3 is 1. The summed E-state index contributed by atoms with van der Waals surface area (Å²) in [6.07, 6.45) is 7.07. The van der Waals surface area contributed by atoms with E-state index in [2.05, 4.69) is 12.2 Å². The zero-order valence-corrected chi connectivity index (χ0v) is 11.5. The number of carbonyl (C=O) groups excluding carboxylic acids is 2. The van der Waals surface area contributed by atoms with Gasteiger partial charge in [0.05, 0.1) is 0 Å². The molecule has 0 N–H and O–H groups in total. The minimum atomic E-state index is 0.00944. The molecule has 1 aliphatic heterocycles. The van der Waals surface area contributed by atoms with Crippen LogP contribution in [0.4, 0.5) is 0 Å². The highest BCUT2D eigenvalue weighted by molar-refractivity contribution is 5.80. The quantitative estimate of drug-likeness (QED) is 0.705. The summed E-state index contributed by atoms with van der Waals surface area (Å²) in [5.74, 6) is 0.407. The first-order chi connectivity index (χ1) is 9.22. The fourth-order valence-electron chi connectivity index (χ4n) is 2.67. The van der Waals surface area contributed by atoms with Crippen LogP contribution in [-0.4, -0.2) is 61.5 Å². The van der Waals surface area contributed by atoms with Gasteiger partial charge < -0.3 is 14.5 Å². The maximum Gasteiger partial charge on any atom is 0.248 e. The molecule has 1 atom stereocenters. The molecule has 1 heterocycles. The number of amides is 2. The van der Waals surface area contributed by atoms with Crippen molar-refractivity contribution < 1.29 is 14.3 Å². The fraction of sp³-hybridized carbons (Fsp3) is 0.714. The van der Waals surface area contributed by atoms with E-state index in [0.717, 1.165) is 19.3 Å². The molecule has 0 aromatic rings. The Hall–Kier alpha value is -1.36. The first kappa shape index (κ1) is 14.1. The van der Waals surface area contributed by atoms with E-state index in [1.54, 1.807) is 4.90 Å². The average Bonchev–Trinajstić information content (AvgIpc) is 2.48. The van der Waals surface area contributed by atoms with Crippen LogP contribution in [0.2, 0.25) is 0 Å². The van der Waals surface area contributed by atoms with Crippen molar-refractivity contribution in [3.05, 3.63) is 12.2 Å². The Bertz CT molecular complexity index is 360. The van der Waals surface area contributed by atoms with Gasteiger partial charge in [-0.05, 0) is 19.3 Å². The van der Waals surface area contributed by atoms with E-state index in [0.29, 0.717) is 26.2 Å². The van der Waals surface area contributed by atoms with Crippen molar-refractivity contribution in [2.24, 2.45) is 5.92 Å². The number of hydrogen-bond acceptors (Lipinski definition) is 3. The lowest BCUT2D eigenvalue weighted by Crippen LogP contribution is -2.52. The predicted octanol–water partition coefficient (Wildman–Crippen LogP) is 0.660. The zero-order chi connectivity index (χ0) is 13.7. The third kappa shape index (κ3) is 3.56. The Balaban J connectivity index is 1.80. The minimum Gasteiger partial charge on any atom is -0.375 e. The smallest absolute Gasteiger partial charge is 0.248 e. The third-order valence-electron chi connectivity index (χ3n) is 3.83. The molecule has 1 fully saturated rings. The largest absolute Gasteiger partial charge is 0.375 e. The third-order valence-corrected chi connectivity index (χ3v) is 3.83. The van der Waals surface area contributed by atoms with Crippen molar-refractivity contribution >= 4 is 11.8 Å². The first-order valence-corrected chi connectivity index (χ1v) is 6.93. The average molecular weight is 266 g/mol. The van der Waals surface area contributed by atoms with Gasteiger partial charge in [0.15, 0.2) is 0 Å². The number of allylic oxidation sites excluding steroid dienone is 2. The second kappa shape index (κ2) is 6.70. The van der Waals surface area contributed by atoms with E-state index >= 15 is 0 Å². The molecule has 5 heteroatoms. The monoisotopic (exact) mass is 266 g/mol. The van der Waals surface area contributed by atoms with Crippen LogP contribution in [0.15, 0.2) is 12.2 Å². The summed E-state index contributed by atoms with van der Waals surface area (Å²) < 4.78 is 4.85. The number of hydrogen-bond donors (Lipinski definition) is 0. The highest BCUT2D eigenvalue weighted by Gasteiger charge is 2.28. The molecule has 0 radical (unpaired) electrons. The summed E-state index contributed by atoms with van der Waals surface area (Å²) in [6.45, 7) is 2.66. The Morgan fingerprint density at radius 1 is 1.16 bits per heavy atom. The molecule has 106 valence electrons. The van der Waals surface area contributed by atoms with Gasteiger partial charge in [-0.2, -0.15) is 0 Å². The molecule has 1 unspecified atom stereocenters. The Labute approximate surface area is 114 Å². The normalized spacial score (nSPS) is 23.5. The van der Waals surface area contributed by atoms with Gasteiger partial charge in [-0.15, -0.1) is 0 Å². The van der Waals surface area contributed by atoms with Crippen molar-refractivity contribution in [2.45, 2.75) is 19.3 Å². The van der Waals surface area contributed by atoms with Crippen LogP contribution in [-0.2, 0) is 14.3 Å². The second-order valence-electron chi connectivity index (χ2n) is 5.12. The summed E-state index contributed by atoms with van der Waals surface area (Å²) >= 11 is 0. The summed E-state index contributed by atoms with van der Waals surface area (Å²) in [4.78, 5) is 27.7. The van der Waals surface area contributed by atoms with E-state index in [1.165, 1.54) is 7.11 Å². The molecule has 2 amide bonds. The molecule has 0 bridgehead atoms. The second-order valence-corrected chi connectivity index (χ2v) is 5.12. The lowest BCUT2D eigenvalue weighted by molar-refractivity contribution is -0.144. The molecule has 1 saturated heterocycles. The van der Waals surface area contributed by atoms with Crippen LogP contribution in [0.3, 0.4) is 0 Å². The van der Waals surface area contributed by atoms with Crippen molar-refractivity contribution in [1.82, 2.24) is 9.80 Å². The number of rotatable bonds is 3. The van der Waals surface area contributed by atoms with E-state index in [1.807, 2.05) is 4.90 Å². The molecule has 0 spiro atoms. The lowest BCUT2D eigenvalue weighted by Gasteiger charge is -2.36. The van der Waals surface area contributed by atoms with Gasteiger partial charge in [-0.1, -0.05) is 12.2 Å². The molecule has 1 aliphatic carbocycles. The molecular formula is C14H22N2O3.